The van der Waals surface area contributed by atoms with Crippen LogP contribution in [0.15, 0.2) is 48.5 Å². The molecule has 2 aliphatic heterocycles. The number of hydrogen-bond acceptors (Lipinski definition) is 4. The molecule has 2 aromatic carbocycles. The Morgan fingerprint density at radius 2 is 1.90 bits per heavy atom. The summed E-state index contributed by atoms with van der Waals surface area (Å²) in [5.74, 6) is -0.907. The van der Waals surface area contributed by atoms with E-state index in [-0.39, 0.29) is 18.2 Å². The molecule has 1 aromatic heterocycles. The number of nitrogens with one attached hydrogen (secondary N) is 1. The molecule has 0 spiro atoms. The molecule has 0 bridgehead atoms. The fourth-order valence-corrected chi connectivity index (χ4v) is 4.28. The fourth-order valence-electron chi connectivity index (χ4n) is 4.01. The van der Waals surface area contributed by atoms with Gasteiger partial charge in [-0.1, -0.05) is 35.9 Å². The van der Waals surface area contributed by atoms with E-state index in [0.717, 1.165) is 22.0 Å². The summed E-state index contributed by atoms with van der Waals surface area (Å²) in [6.45, 7) is 0.319. The number of imide groups is 1. The van der Waals surface area contributed by atoms with Crippen molar-refractivity contribution in [2.24, 2.45) is 0 Å². The summed E-state index contributed by atoms with van der Waals surface area (Å²) in [6, 6.07) is 14.5. The highest BCUT2D eigenvalue weighted by molar-refractivity contribution is 6.33. The molecule has 5 rings (SSSR count). The Bertz CT molecular complexity index is 1210. The molecule has 3 amide bonds. The van der Waals surface area contributed by atoms with E-state index >= 15 is 0 Å². The Balaban J connectivity index is 1.50. The highest BCUT2D eigenvalue weighted by Gasteiger charge is 2.39. The SMILES string of the molecule is O=C1CCC(N2Cc3cc(-c4nc5ccccc5cc4Cl)ccc3C2=O)C(=O)N1. The highest BCUT2D eigenvalue weighted by atomic mass is 35.5. The van der Waals surface area contributed by atoms with Crippen molar-refractivity contribution in [1.29, 1.82) is 0 Å². The molecule has 144 valence electrons. The lowest BCUT2D eigenvalue weighted by molar-refractivity contribution is -0.136. The van der Waals surface area contributed by atoms with Gasteiger partial charge >= 0.3 is 0 Å². The van der Waals surface area contributed by atoms with Gasteiger partial charge in [0.1, 0.15) is 6.04 Å². The quantitative estimate of drug-likeness (QED) is 0.663. The topological polar surface area (TPSA) is 79.4 Å². The average Bonchev–Trinajstić information content (AvgIpc) is 3.03. The van der Waals surface area contributed by atoms with Crippen molar-refractivity contribution in [3.05, 3.63) is 64.7 Å². The average molecular weight is 406 g/mol. The van der Waals surface area contributed by atoms with Crippen LogP contribution >= 0.6 is 11.6 Å². The molecule has 0 saturated carbocycles. The van der Waals surface area contributed by atoms with Crippen LogP contribution in [0.2, 0.25) is 5.02 Å². The van der Waals surface area contributed by atoms with Crippen molar-refractivity contribution >= 4 is 40.2 Å². The molecule has 1 unspecified atom stereocenters. The Morgan fingerprint density at radius 1 is 1.07 bits per heavy atom. The first-order valence-electron chi connectivity index (χ1n) is 9.34. The Hall–Kier alpha value is -3.25. The molecule has 2 aliphatic rings. The number of hydrogen-bond donors (Lipinski definition) is 1. The normalized spacial score (nSPS) is 18.9. The molecular formula is C22H16ClN3O3. The van der Waals surface area contributed by atoms with E-state index in [9.17, 15) is 14.4 Å². The van der Waals surface area contributed by atoms with Crippen molar-refractivity contribution in [2.45, 2.75) is 25.4 Å². The van der Waals surface area contributed by atoms with Gasteiger partial charge in [0.25, 0.3) is 5.91 Å². The lowest BCUT2D eigenvalue weighted by Gasteiger charge is -2.29. The van der Waals surface area contributed by atoms with E-state index < -0.39 is 11.9 Å². The van der Waals surface area contributed by atoms with E-state index in [0.29, 0.717) is 29.2 Å². The maximum atomic E-state index is 12.8. The summed E-state index contributed by atoms with van der Waals surface area (Å²) in [5.41, 5.74) is 3.70. The van der Waals surface area contributed by atoms with Crippen LogP contribution < -0.4 is 5.32 Å². The number of aromatic nitrogens is 1. The van der Waals surface area contributed by atoms with Gasteiger partial charge < -0.3 is 4.90 Å². The van der Waals surface area contributed by atoms with Crippen molar-refractivity contribution in [1.82, 2.24) is 15.2 Å². The summed E-state index contributed by atoms with van der Waals surface area (Å²) in [5, 5.41) is 3.81. The Labute approximate surface area is 171 Å². The van der Waals surface area contributed by atoms with Crippen LogP contribution in [0.5, 0.6) is 0 Å². The Kier molecular flexibility index (Phi) is 4.10. The van der Waals surface area contributed by atoms with E-state index in [4.69, 9.17) is 11.6 Å². The first-order chi connectivity index (χ1) is 14.0. The van der Waals surface area contributed by atoms with Crippen LogP contribution in [-0.4, -0.2) is 33.6 Å². The first-order valence-corrected chi connectivity index (χ1v) is 9.72. The van der Waals surface area contributed by atoms with Crippen molar-refractivity contribution in [3.8, 4) is 11.3 Å². The van der Waals surface area contributed by atoms with Crippen LogP contribution in [0, 0.1) is 0 Å². The van der Waals surface area contributed by atoms with Crippen LogP contribution in [0.1, 0.15) is 28.8 Å². The number of rotatable bonds is 2. The smallest absolute Gasteiger partial charge is 0.255 e. The van der Waals surface area contributed by atoms with Gasteiger partial charge in [-0.3, -0.25) is 19.7 Å². The second-order valence-electron chi connectivity index (χ2n) is 7.28. The third kappa shape index (κ3) is 2.96. The molecule has 0 aliphatic carbocycles. The standard InChI is InChI=1S/C22H16ClN3O3/c23-16-10-12-3-1-2-4-17(12)24-20(16)13-5-6-15-14(9-13)11-26(22(15)29)18-7-8-19(27)25-21(18)28/h1-6,9-10,18H,7-8,11H2,(H,25,27,28). The van der Waals surface area contributed by atoms with Gasteiger partial charge in [0.15, 0.2) is 0 Å². The van der Waals surface area contributed by atoms with Gasteiger partial charge in [0, 0.05) is 29.5 Å². The Morgan fingerprint density at radius 3 is 2.72 bits per heavy atom. The summed E-state index contributed by atoms with van der Waals surface area (Å²) < 4.78 is 0. The van der Waals surface area contributed by atoms with Gasteiger partial charge in [0.05, 0.1) is 16.2 Å². The predicted octanol–water partition coefficient (Wildman–Crippen LogP) is 3.32. The number of fused-ring (bicyclic) bond motifs is 2. The molecule has 1 fully saturated rings. The number of nitrogens with zero attached hydrogens (tertiary/aromatic N) is 2. The number of carbonyl (C=O) groups is 3. The van der Waals surface area contributed by atoms with E-state index in [2.05, 4.69) is 10.3 Å². The lowest BCUT2D eigenvalue weighted by atomic mass is 10.0. The molecule has 6 nitrogen and oxygen atoms in total. The van der Waals surface area contributed by atoms with Crippen molar-refractivity contribution in [2.75, 3.05) is 0 Å². The lowest BCUT2D eigenvalue weighted by Crippen LogP contribution is -2.52. The third-order valence-corrected chi connectivity index (χ3v) is 5.76. The predicted molar refractivity (Wildman–Crippen MR) is 108 cm³/mol. The minimum atomic E-state index is -0.626. The number of benzene rings is 2. The largest absolute Gasteiger partial charge is 0.322 e. The van der Waals surface area contributed by atoms with Crippen molar-refractivity contribution in [3.63, 3.8) is 0 Å². The van der Waals surface area contributed by atoms with Gasteiger partial charge in [0.2, 0.25) is 11.8 Å². The number of pyridine rings is 1. The van der Waals surface area contributed by atoms with E-state index in [1.165, 1.54) is 4.90 Å². The zero-order valence-electron chi connectivity index (χ0n) is 15.3. The summed E-state index contributed by atoms with van der Waals surface area (Å²) in [4.78, 5) is 42.7. The van der Waals surface area contributed by atoms with Gasteiger partial charge in [-0.15, -0.1) is 0 Å². The molecule has 1 saturated heterocycles. The number of halogens is 1. The molecule has 3 heterocycles. The van der Waals surface area contributed by atoms with Gasteiger partial charge in [-0.25, -0.2) is 4.98 Å². The van der Waals surface area contributed by atoms with Gasteiger partial charge in [-0.2, -0.15) is 0 Å². The number of amides is 3. The zero-order chi connectivity index (χ0) is 20.1. The maximum Gasteiger partial charge on any atom is 0.255 e. The third-order valence-electron chi connectivity index (χ3n) is 5.47. The second kappa shape index (κ2) is 6.67. The molecule has 29 heavy (non-hydrogen) atoms. The monoisotopic (exact) mass is 405 g/mol. The van der Waals surface area contributed by atoms with Gasteiger partial charge in [-0.05, 0) is 36.2 Å². The molecule has 1 atom stereocenters. The highest BCUT2D eigenvalue weighted by Crippen LogP contribution is 2.34. The van der Waals surface area contributed by atoms with Crippen LogP contribution in [0.4, 0.5) is 0 Å². The first kappa shape index (κ1) is 17.8. The molecule has 7 heteroatoms. The maximum absolute atomic E-state index is 12.8. The van der Waals surface area contributed by atoms with Crippen LogP contribution in [0.25, 0.3) is 22.2 Å². The van der Waals surface area contributed by atoms with E-state index in [1.807, 2.05) is 42.5 Å². The number of piperidine rings is 1. The molecule has 0 radical (unpaired) electrons. The minimum absolute atomic E-state index is 0.196. The van der Waals surface area contributed by atoms with Crippen LogP contribution in [-0.2, 0) is 16.1 Å². The summed E-state index contributed by atoms with van der Waals surface area (Å²) in [6.07, 6.45) is 0.577. The van der Waals surface area contributed by atoms with Crippen molar-refractivity contribution < 1.29 is 14.4 Å². The number of para-hydroxylation sites is 1. The fraction of sp³-hybridized carbons (Fsp3) is 0.182. The summed E-state index contributed by atoms with van der Waals surface area (Å²) >= 11 is 6.48. The molecule has 3 aromatic rings. The van der Waals surface area contributed by atoms with Crippen LogP contribution in [0.3, 0.4) is 0 Å². The van der Waals surface area contributed by atoms with E-state index in [1.54, 1.807) is 6.07 Å². The second-order valence-corrected chi connectivity index (χ2v) is 7.69. The zero-order valence-corrected chi connectivity index (χ0v) is 16.1. The summed E-state index contributed by atoms with van der Waals surface area (Å²) in [7, 11) is 0. The minimum Gasteiger partial charge on any atom is -0.322 e. The number of carbonyl (C=O) groups excluding carboxylic acids is 3. The molecule has 1 N–H and O–H groups in total. The molecular weight excluding hydrogens is 390 g/mol.